The molecule has 0 unspecified atom stereocenters. The molecule has 0 N–H and O–H groups in total. The van der Waals surface area contributed by atoms with Crippen molar-refractivity contribution in [1.82, 2.24) is 0 Å². The van der Waals surface area contributed by atoms with Crippen LogP contribution in [-0.2, 0) is 19.1 Å². The lowest BCUT2D eigenvalue weighted by Gasteiger charge is -2.25. The minimum atomic E-state index is -1.17. The smallest absolute Gasteiger partial charge is 0.323 e. The minimum Gasteiger partial charge on any atom is -0.465 e. The predicted molar refractivity (Wildman–Crippen MR) is 70.1 cm³/mol. The van der Waals surface area contributed by atoms with Crippen LogP contribution in [0.25, 0.3) is 0 Å². The third-order valence-corrected chi connectivity index (χ3v) is 2.91. The Morgan fingerprint density at radius 2 is 1.50 bits per heavy atom. The first-order valence-electron chi connectivity index (χ1n) is 6.72. The van der Waals surface area contributed by atoms with E-state index in [1.165, 1.54) is 0 Å². The normalized spacial score (nSPS) is 11.4. The van der Waals surface area contributed by atoms with Crippen molar-refractivity contribution in [2.45, 2.75) is 53.9 Å². The lowest BCUT2D eigenvalue weighted by molar-refractivity contribution is -0.171. The van der Waals surface area contributed by atoms with Crippen molar-refractivity contribution in [2.24, 2.45) is 11.3 Å². The summed E-state index contributed by atoms with van der Waals surface area (Å²) < 4.78 is 9.98. The van der Waals surface area contributed by atoms with Gasteiger partial charge in [0.15, 0.2) is 5.41 Å². The molecule has 0 spiro atoms. The summed E-state index contributed by atoms with van der Waals surface area (Å²) in [4.78, 5) is 23.9. The molecule has 0 aromatic heterocycles. The summed E-state index contributed by atoms with van der Waals surface area (Å²) in [6.07, 6.45) is 2.27. The Morgan fingerprint density at radius 1 is 1.06 bits per heavy atom. The lowest BCUT2D eigenvalue weighted by atomic mass is 9.84. The van der Waals surface area contributed by atoms with Gasteiger partial charge in [0.05, 0.1) is 13.2 Å². The van der Waals surface area contributed by atoms with Crippen LogP contribution in [0.2, 0.25) is 0 Å². The van der Waals surface area contributed by atoms with E-state index in [0.29, 0.717) is 12.3 Å². The zero-order valence-electron chi connectivity index (χ0n) is 12.2. The zero-order chi connectivity index (χ0) is 14.2. The van der Waals surface area contributed by atoms with Gasteiger partial charge in [-0.2, -0.15) is 0 Å². The first-order valence-corrected chi connectivity index (χ1v) is 6.72. The molecule has 0 atom stereocenters. The second kappa shape index (κ2) is 8.11. The highest BCUT2D eigenvalue weighted by Crippen LogP contribution is 2.29. The van der Waals surface area contributed by atoms with E-state index >= 15 is 0 Å². The molecule has 0 saturated heterocycles. The molecule has 4 heteroatoms. The quantitative estimate of drug-likeness (QED) is 0.496. The van der Waals surface area contributed by atoms with Crippen LogP contribution >= 0.6 is 0 Å². The third kappa shape index (κ3) is 5.07. The van der Waals surface area contributed by atoms with Gasteiger partial charge in [-0.3, -0.25) is 9.59 Å². The van der Waals surface area contributed by atoms with E-state index in [4.69, 9.17) is 9.47 Å². The molecule has 106 valence electrons. The van der Waals surface area contributed by atoms with Crippen LogP contribution in [0.15, 0.2) is 0 Å². The summed E-state index contributed by atoms with van der Waals surface area (Å²) in [5, 5.41) is 0. The van der Waals surface area contributed by atoms with Gasteiger partial charge in [-0.1, -0.05) is 26.7 Å². The number of hydrogen-bond donors (Lipinski definition) is 0. The standard InChI is InChI=1S/C14H26O4/c1-6-17-12(15)14(5,13(16)18-7-2)10-8-9-11(3)4/h11H,6-10H2,1-5H3. The topological polar surface area (TPSA) is 52.6 Å². The van der Waals surface area contributed by atoms with Crippen LogP contribution in [0.4, 0.5) is 0 Å². The molecule has 0 aliphatic carbocycles. The van der Waals surface area contributed by atoms with E-state index in [1.54, 1.807) is 20.8 Å². The largest absolute Gasteiger partial charge is 0.465 e. The fourth-order valence-electron chi connectivity index (χ4n) is 1.73. The van der Waals surface area contributed by atoms with E-state index in [0.717, 1.165) is 12.8 Å². The van der Waals surface area contributed by atoms with Crippen LogP contribution in [-0.4, -0.2) is 25.2 Å². The fourth-order valence-corrected chi connectivity index (χ4v) is 1.73. The fraction of sp³-hybridized carbons (Fsp3) is 0.857. The average Bonchev–Trinajstić information content (AvgIpc) is 2.28. The van der Waals surface area contributed by atoms with E-state index < -0.39 is 17.4 Å². The number of rotatable bonds is 8. The van der Waals surface area contributed by atoms with Crippen molar-refractivity contribution >= 4 is 11.9 Å². The van der Waals surface area contributed by atoms with Gasteiger partial charge in [-0.25, -0.2) is 0 Å². The van der Waals surface area contributed by atoms with Gasteiger partial charge in [-0.15, -0.1) is 0 Å². The molecule has 4 nitrogen and oxygen atoms in total. The molecule has 0 aliphatic heterocycles. The third-order valence-electron chi connectivity index (χ3n) is 2.91. The lowest BCUT2D eigenvalue weighted by Crippen LogP contribution is -2.39. The summed E-state index contributed by atoms with van der Waals surface area (Å²) in [7, 11) is 0. The van der Waals surface area contributed by atoms with Crippen LogP contribution in [0.5, 0.6) is 0 Å². The Balaban J connectivity index is 4.69. The molecule has 0 heterocycles. The molecule has 0 aliphatic rings. The van der Waals surface area contributed by atoms with Crippen molar-refractivity contribution in [2.75, 3.05) is 13.2 Å². The highest BCUT2D eigenvalue weighted by Gasteiger charge is 2.43. The van der Waals surface area contributed by atoms with Crippen molar-refractivity contribution < 1.29 is 19.1 Å². The molecule has 0 bridgehead atoms. The van der Waals surface area contributed by atoms with Crippen molar-refractivity contribution in [3.63, 3.8) is 0 Å². The van der Waals surface area contributed by atoms with Crippen molar-refractivity contribution in [1.29, 1.82) is 0 Å². The molecular formula is C14H26O4. The maximum atomic E-state index is 11.9. The van der Waals surface area contributed by atoms with Crippen molar-refractivity contribution in [3.05, 3.63) is 0 Å². The van der Waals surface area contributed by atoms with Gasteiger partial charge in [-0.05, 0) is 33.1 Å². The van der Waals surface area contributed by atoms with E-state index in [-0.39, 0.29) is 13.2 Å². The van der Waals surface area contributed by atoms with Crippen LogP contribution in [0.1, 0.15) is 53.9 Å². The van der Waals surface area contributed by atoms with E-state index in [1.807, 2.05) is 0 Å². The molecule has 0 saturated carbocycles. The monoisotopic (exact) mass is 258 g/mol. The van der Waals surface area contributed by atoms with Crippen molar-refractivity contribution in [3.8, 4) is 0 Å². The summed E-state index contributed by atoms with van der Waals surface area (Å²) >= 11 is 0. The van der Waals surface area contributed by atoms with Gasteiger partial charge in [0, 0.05) is 0 Å². The van der Waals surface area contributed by atoms with E-state index in [2.05, 4.69) is 13.8 Å². The van der Waals surface area contributed by atoms with Crippen LogP contribution in [0, 0.1) is 11.3 Å². The second-order valence-electron chi connectivity index (χ2n) is 5.06. The molecule has 0 fully saturated rings. The SMILES string of the molecule is CCOC(=O)C(C)(CCCC(C)C)C(=O)OCC. The zero-order valence-corrected chi connectivity index (χ0v) is 12.2. The molecule has 0 aromatic carbocycles. The number of ether oxygens (including phenoxy) is 2. The van der Waals surface area contributed by atoms with Gasteiger partial charge < -0.3 is 9.47 Å². The Labute approximate surface area is 110 Å². The Morgan fingerprint density at radius 3 is 1.83 bits per heavy atom. The highest BCUT2D eigenvalue weighted by molar-refractivity contribution is 5.99. The van der Waals surface area contributed by atoms with Crippen LogP contribution < -0.4 is 0 Å². The number of carbonyl (C=O) groups excluding carboxylic acids is 2. The van der Waals surface area contributed by atoms with E-state index in [9.17, 15) is 9.59 Å². The second-order valence-corrected chi connectivity index (χ2v) is 5.06. The molecule has 18 heavy (non-hydrogen) atoms. The Hall–Kier alpha value is -1.06. The Bertz CT molecular complexity index is 253. The number of hydrogen-bond acceptors (Lipinski definition) is 4. The minimum absolute atomic E-state index is 0.276. The summed E-state index contributed by atoms with van der Waals surface area (Å²) in [6.45, 7) is 9.87. The first kappa shape index (κ1) is 16.9. The molecular weight excluding hydrogens is 232 g/mol. The molecule has 0 amide bonds. The maximum Gasteiger partial charge on any atom is 0.323 e. The molecule has 0 rings (SSSR count). The molecule has 0 radical (unpaired) electrons. The first-order chi connectivity index (χ1) is 8.38. The summed E-state index contributed by atoms with van der Waals surface area (Å²) in [6, 6.07) is 0. The van der Waals surface area contributed by atoms with Gasteiger partial charge >= 0.3 is 11.9 Å². The van der Waals surface area contributed by atoms with Crippen LogP contribution in [0.3, 0.4) is 0 Å². The Kier molecular flexibility index (Phi) is 7.64. The predicted octanol–water partition coefficient (Wildman–Crippen LogP) is 2.95. The summed E-state index contributed by atoms with van der Waals surface area (Å²) in [5.74, 6) is -0.405. The van der Waals surface area contributed by atoms with Gasteiger partial charge in [0.1, 0.15) is 0 Å². The highest BCUT2D eigenvalue weighted by atomic mass is 16.6. The van der Waals surface area contributed by atoms with Gasteiger partial charge in [0.2, 0.25) is 0 Å². The molecule has 0 aromatic rings. The van der Waals surface area contributed by atoms with Gasteiger partial charge in [0.25, 0.3) is 0 Å². The number of carbonyl (C=O) groups is 2. The summed E-state index contributed by atoms with van der Waals surface area (Å²) in [5.41, 5.74) is -1.17. The average molecular weight is 258 g/mol. The maximum absolute atomic E-state index is 11.9. The number of esters is 2.